The normalized spacial score (nSPS) is 11.0. The highest BCUT2D eigenvalue weighted by Gasteiger charge is 2.15. The molecule has 0 aliphatic heterocycles. The number of amides is 1. The van der Waals surface area contributed by atoms with E-state index in [-0.39, 0.29) is 17.5 Å². The van der Waals surface area contributed by atoms with E-state index in [1.807, 2.05) is 56.3 Å². The number of aromatic nitrogens is 1. The fraction of sp³-hybridized carbons (Fsp3) is 0.273. The van der Waals surface area contributed by atoms with Crippen LogP contribution in [0.3, 0.4) is 0 Å². The van der Waals surface area contributed by atoms with Crippen molar-refractivity contribution in [1.29, 1.82) is 0 Å². The van der Waals surface area contributed by atoms with Crippen molar-refractivity contribution in [2.45, 2.75) is 26.3 Å². The number of nitrogens with one attached hydrogen (secondary N) is 1. The fourth-order valence-corrected chi connectivity index (χ4v) is 3.08. The summed E-state index contributed by atoms with van der Waals surface area (Å²) in [5.74, 6) is 0.638. The summed E-state index contributed by atoms with van der Waals surface area (Å²) in [4.78, 5) is 25.4. The molecule has 0 saturated carbocycles. The highest BCUT2D eigenvalue weighted by atomic mass is 16.5. The highest BCUT2D eigenvalue weighted by Crippen LogP contribution is 2.17. The first kappa shape index (κ1) is 18.7. The molecule has 3 aromatic rings. The summed E-state index contributed by atoms with van der Waals surface area (Å²) in [5, 5.41) is 4.21. The van der Waals surface area contributed by atoms with Crippen LogP contribution in [0, 0.1) is 0 Å². The molecule has 2 aromatic carbocycles. The first-order chi connectivity index (χ1) is 13.0. The number of hydrogen-bond acceptors (Lipinski definition) is 3. The van der Waals surface area contributed by atoms with Crippen LogP contribution in [0.1, 0.15) is 35.8 Å². The molecule has 0 saturated heterocycles. The predicted octanol–water partition coefficient (Wildman–Crippen LogP) is 3.56. The number of methoxy groups -OCH3 is 1. The predicted molar refractivity (Wildman–Crippen MR) is 108 cm³/mol. The smallest absolute Gasteiger partial charge is 0.258 e. The second-order valence-corrected chi connectivity index (χ2v) is 6.75. The molecule has 0 radical (unpaired) electrons. The lowest BCUT2D eigenvalue weighted by Crippen LogP contribution is -2.29. The fourth-order valence-electron chi connectivity index (χ4n) is 3.08. The first-order valence-corrected chi connectivity index (χ1v) is 9.06. The lowest BCUT2D eigenvalue weighted by atomic mass is 10.1. The molecule has 140 valence electrons. The van der Waals surface area contributed by atoms with Crippen LogP contribution in [-0.2, 0) is 6.42 Å². The summed E-state index contributed by atoms with van der Waals surface area (Å²) in [6.45, 7) is 4.38. The molecule has 1 heterocycles. The van der Waals surface area contributed by atoms with E-state index in [2.05, 4.69) is 5.32 Å². The Bertz CT molecular complexity index is 1000. The number of pyridine rings is 1. The number of nitrogens with zero attached hydrogens (tertiary/aromatic N) is 1. The summed E-state index contributed by atoms with van der Waals surface area (Å²) in [5.41, 5.74) is 1.57. The van der Waals surface area contributed by atoms with Gasteiger partial charge in [0, 0.05) is 29.6 Å². The molecule has 1 aromatic heterocycles. The Morgan fingerprint density at radius 2 is 1.74 bits per heavy atom. The van der Waals surface area contributed by atoms with Crippen LogP contribution in [0.2, 0.25) is 0 Å². The van der Waals surface area contributed by atoms with Crippen LogP contribution in [-0.4, -0.2) is 24.1 Å². The van der Waals surface area contributed by atoms with Gasteiger partial charge in [0.25, 0.3) is 11.5 Å². The molecule has 0 spiro atoms. The van der Waals surface area contributed by atoms with Crippen LogP contribution in [0.5, 0.6) is 5.75 Å². The molecule has 0 unspecified atom stereocenters. The molecule has 5 nitrogen and oxygen atoms in total. The zero-order chi connectivity index (χ0) is 19.4. The molecule has 0 aliphatic carbocycles. The third-order valence-electron chi connectivity index (χ3n) is 4.61. The minimum Gasteiger partial charge on any atom is -0.497 e. The molecule has 1 N–H and O–H groups in total. The van der Waals surface area contributed by atoms with E-state index in [0.29, 0.717) is 22.9 Å². The lowest BCUT2D eigenvalue weighted by molar-refractivity contribution is 0.0955. The Morgan fingerprint density at radius 3 is 2.37 bits per heavy atom. The monoisotopic (exact) mass is 364 g/mol. The Balaban J connectivity index is 1.80. The van der Waals surface area contributed by atoms with Crippen molar-refractivity contribution in [2.24, 2.45) is 0 Å². The van der Waals surface area contributed by atoms with Crippen LogP contribution >= 0.6 is 0 Å². The lowest BCUT2D eigenvalue weighted by Gasteiger charge is -2.15. The molecule has 0 atom stereocenters. The van der Waals surface area contributed by atoms with Crippen molar-refractivity contribution in [2.75, 3.05) is 13.7 Å². The van der Waals surface area contributed by atoms with E-state index in [1.165, 1.54) is 0 Å². The van der Waals surface area contributed by atoms with Gasteiger partial charge in [-0.25, -0.2) is 0 Å². The van der Waals surface area contributed by atoms with Gasteiger partial charge in [-0.05, 0) is 44.0 Å². The van der Waals surface area contributed by atoms with Gasteiger partial charge in [0.15, 0.2) is 0 Å². The summed E-state index contributed by atoms with van der Waals surface area (Å²) in [6.07, 6.45) is 2.38. The molecule has 3 rings (SSSR count). The van der Waals surface area contributed by atoms with Crippen molar-refractivity contribution in [1.82, 2.24) is 9.88 Å². The van der Waals surface area contributed by atoms with Gasteiger partial charge in [-0.1, -0.05) is 30.3 Å². The first-order valence-electron chi connectivity index (χ1n) is 9.06. The summed E-state index contributed by atoms with van der Waals surface area (Å²) < 4.78 is 6.76. The van der Waals surface area contributed by atoms with Crippen molar-refractivity contribution in [3.8, 4) is 5.75 Å². The van der Waals surface area contributed by atoms with Crippen LogP contribution in [0.15, 0.2) is 59.5 Å². The Labute approximate surface area is 158 Å². The second kappa shape index (κ2) is 8.08. The summed E-state index contributed by atoms with van der Waals surface area (Å²) in [6, 6.07) is 15.0. The maximum atomic E-state index is 12.8. The summed E-state index contributed by atoms with van der Waals surface area (Å²) in [7, 11) is 1.64. The third-order valence-corrected chi connectivity index (χ3v) is 4.61. The van der Waals surface area contributed by atoms with Gasteiger partial charge in [0.2, 0.25) is 0 Å². The minimum absolute atomic E-state index is 0.0204. The van der Waals surface area contributed by atoms with E-state index >= 15 is 0 Å². The number of benzene rings is 2. The SMILES string of the molecule is COc1ccc(CCNC(=O)c2cn(C(C)C)c(=O)c3ccccc23)cc1. The topological polar surface area (TPSA) is 60.3 Å². The van der Waals surface area contributed by atoms with Gasteiger partial charge in [0.1, 0.15) is 5.75 Å². The van der Waals surface area contributed by atoms with Gasteiger partial charge in [-0.2, -0.15) is 0 Å². The van der Waals surface area contributed by atoms with Crippen molar-refractivity contribution >= 4 is 16.7 Å². The van der Waals surface area contributed by atoms with E-state index in [0.717, 1.165) is 17.7 Å². The number of rotatable bonds is 6. The number of ether oxygens (including phenoxy) is 1. The maximum Gasteiger partial charge on any atom is 0.258 e. The highest BCUT2D eigenvalue weighted by molar-refractivity contribution is 6.06. The van der Waals surface area contributed by atoms with Gasteiger partial charge >= 0.3 is 0 Å². The van der Waals surface area contributed by atoms with Gasteiger partial charge in [0.05, 0.1) is 12.7 Å². The zero-order valence-electron chi connectivity index (χ0n) is 15.9. The molecular formula is C22H24N2O3. The number of hydrogen-bond donors (Lipinski definition) is 1. The molecule has 27 heavy (non-hydrogen) atoms. The standard InChI is InChI=1S/C22H24N2O3/c1-15(2)24-14-20(18-6-4-5-7-19(18)22(24)26)21(25)23-13-12-16-8-10-17(27-3)11-9-16/h4-11,14-15H,12-13H2,1-3H3,(H,23,25). The number of carbonyl (C=O) groups is 1. The third kappa shape index (κ3) is 4.03. The molecule has 1 amide bonds. The van der Waals surface area contributed by atoms with Crippen molar-refractivity contribution in [3.05, 3.63) is 76.2 Å². The Hall–Kier alpha value is -3.08. The second-order valence-electron chi connectivity index (χ2n) is 6.75. The summed E-state index contributed by atoms with van der Waals surface area (Å²) >= 11 is 0. The number of carbonyl (C=O) groups excluding carboxylic acids is 1. The average molecular weight is 364 g/mol. The van der Waals surface area contributed by atoms with Crippen LogP contribution < -0.4 is 15.6 Å². The van der Waals surface area contributed by atoms with Crippen molar-refractivity contribution < 1.29 is 9.53 Å². The van der Waals surface area contributed by atoms with Gasteiger partial charge < -0.3 is 14.6 Å². The Kier molecular flexibility index (Phi) is 5.60. The molecule has 0 fully saturated rings. The van der Waals surface area contributed by atoms with E-state index in [4.69, 9.17) is 4.74 Å². The zero-order valence-corrected chi connectivity index (χ0v) is 15.9. The largest absolute Gasteiger partial charge is 0.497 e. The molecule has 0 bridgehead atoms. The van der Waals surface area contributed by atoms with Gasteiger partial charge in [-0.15, -0.1) is 0 Å². The quantitative estimate of drug-likeness (QED) is 0.727. The maximum absolute atomic E-state index is 12.8. The van der Waals surface area contributed by atoms with Gasteiger partial charge in [-0.3, -0.25) is 9.59 Å². The van der Waals surface area contributed by atoms with E-state index in [9.17, 15) is 9.59 Å². The van der Waals surface area contributed by atoms with Crippen molar-refractivity contribution in [3.63, 3.8) is 0 Å². The van der Waals surface area contributed by atoms with E-state index in [1.54, 1.807) is 23.9 Å². The molecule has 0 aliphatic rings. The van der Waals surface area contributed by atoms with E-state index < -0.39 is 0 Å². The van der Waals surface area contributed by atoms with Crippen LogP contribution in [0.4, 0.5) is 0 Å². The molecule has 5 heteroatoms. The average Bonchev–Trinajstić information content (AvgIpc) is 2.68. The Morgan fingerprint density at radius 1 is 1.07 bits per heavy atom. The number of fused-ring (bicyclic) bond motifs is 1. The molecular weight excluding hydrogens is 340 g/mol. The van der Waals surface area contributed by atoms with Crippen LogP contribution in [0.25, 0.3) is 10.8 Å². The minimum atomic E-state index is -0.172.